The van der Waals surface area contributed by atoms with Gasteiger partial charge >= 0.3 is 18.0 Å². The maximum atomic E-state index is 15.5. The molecule has 2 saturated heterocycles. The number of amides is 5. The molecule has 72 heavy (non-hydrogen) atoms. The number of ether oxygens (including phenoxy) is 4. The molecule has 0 spiro atoms. The van der Waals surface area contributed by atoms with Gasteiger partial charge in [-0.2, -0.15) is 0 Å². The molecule has 2 fully saturated rings. The highest BCUT2D eigenvalue weighted by Crippen LogP contribution is 2.48. The fraction of sp³-hybridized carbons (Fsp3) is 0.458. The molecule has 0 bridgehead atoms. The minimum absolute atomic E-state index is 0.00497. The Morgan fingerprint density at radius 3 is 2.47 bits per heavy atom. The summed E-state index contributed by atoms with van der Waals surface area (Å²) in [6.07, 6.45) is -8.50. The van der Waals surface area contributed by atoms with Crippen LogP contribution in [0.1, 0.15) is 72.2 Å². The van der Waals surface area contributed by atoms with Gasteiger partial charge in [0.2, 0.25) is 29.9 Å². The number of carboxylic acids is 1. The molecule has 1 aliphatic carbocycles. The van der Waals surface area contributed by atoms with E-state index in [2.05, 4.69) is 10.6 Å². The van der Waals surface area contributed by atoms with E-state index in [1.807, 2.05) is 4.90 Å². The number of fused-ring (bicyclic) bond motifs is 4. The summed E-state index contributed by atoms with van der Waals surface area (Å²) in [7, 11) is 1.24. The normalized spacial score (nSPS) is 25.8. The summed E-state index contributed by atoms with van der Waals surface area (Å²) >= 11 is 0. The number of hydrogen-bond acceptors (Lipinski definition) is 18. The number of nitrogens with one attached hydrogen (secondary N) is 2. The van der Waals surface area contributed by atoms with Crippen LogP contribution in [0.15, 0.2) is 41.5 Å². The van der Waals surface area contributed by atoms with Gasteiger partial charge < -0.3 is 70.6 Å². The van der Waals surface area contributed by atoms with Crippen LogP contribution in [0.5, 0.6) is 5.75 Å². The first-order valence-corrected chi connectivity index (χ1v) is 23.2. The molecule has 5 amide bonds. The number of anilines is 1. The number of imide groups is 1. The molecule has 3 aromatic rings. The van der Waals surface area contributed by atoms with Crippen LogP contribution in [-0.2, 0) is 62.6 Å². The van der Waals surface area contributed by atoms with E-state index in [0.717, 1.165) is 26.5 Å². The average molecular weight is 1000 g/mol. The highest BCUT2D eigenvalue weighted by atomic mass is 19.1. The highest BCUT2D eigenvalue weighted by Gasteiger charge is 2.50. The number of rotatable bonds is 13. The van der Waals surface area contributed by atoms with Gasteiger partial charge in [-0.15, -0.1) is 0 Å². The van der Waals surface area contributed by atoms with Gasteiger partial charge in [0.25, 0.3) is 0 Å². The number of likely N-dealkylation sites (N-methyl/N-ethyl adjacent to an activating group) is 1. The SMILES string of the molecule is CC[C@@]1(O)C(=O)OCC2=C1C=C1c3nc4cc(F)c(C)c5c4c(c3CN1C2)[C@@H](NC(=O)OCc1ccc(OC2OC(C(=O)O)C(O)C(O)C2O)c(NC(=O)CN(C)C(=O)[C@H](CN)N2C(=O)CCC2=O)c1)CC5. The highest BCUT2D eigenvalue weighted by molar-refractivity contribution is 6.06. The third-order valence-corrected chi connectivity index (χ3v) is 14.1. The van der Waals surface area contributed by atoms with Crippen molar-refractivity contribution >= 4 is 63.9 Å². The molecule has 8 atom stereocenters. The number of hydrogen-bond donors (Lipinski definition) is 8. The van der Waals surface area contributed by atoms with Crippen molar-refractivity contribution in [2.45, 2.75) is 107 Å². The van der Waals surface area contributed by atoms with E-state index in [9.17, 15) is 59.1 Å². The van der Waals surface area contributed by atoms with Crippen LogP contribution in [-0.4, -0.2) is 163 Å². The minimum Gasteiger partial charge on any atom is -0.479 e. The van der Waals surface area contributed by atoms with Gasteiger partial charge in [0.15, 0.2) is 11.7 Å². The quantitative estimate of drug-likeness (QED) is 0.0819. The summed E-state index contributed by atoms with van der Waals surface area (Å²) in [6.45, 7) is 2.54. The van der Waals surface area contributed by atoms with Gasteiger partial charge in [-0.1, -0.05) is 13.0 Å². The second-order valence-electron chi connectivity index (χ2n) is 18.5. The van der Waals surface area contributed by atoms with Crippen LogP contribution < -0.4 is 21.1 Å². The predicted molar refractivity (Wildman–Crippen MR) is 244 cm³/mol. The fourth-order valence-corrected chi connectivity index (χ4v) is 10.3. The molecule has 0 radical (unpaired) electrons. The van der Waals surface area contributed by atoms with Crippen molar-refractivity contribution < 1.29 is 82.4 Å². The second-order valence-corrected chi connectivity index (χ2v) is 18.5. The number of likely N-dealkylation sites (tertiary alicyclic amines) is 1. The van der Waals surface area contributed by atoms with E-state index >= 15 is 4.39 Å². The molecule has 2 aromatic carbocycles. The largest absolute Gasteiger partial charge is 0.479 e. The van der Waals surface area contributed by atoms with Gasteiger partial charge in [-0.05, 0) is 72.2 Å². The average Bonchev–Trinajstić information content (AvgIpc) is 3.88. The second kappa shape index (κ2) is 19.2. The smallest absolute Gasteiger partial charge is 0.407 e. The number of nitrogens with zero attached hydrogens (tertiary/aromatic N) is 4. The number of benzene rings is 2. The number of aliphatic hydroxyl groups is 4. The van der Waals surface area contributed by atoms with Crippen LogP contribution >= 0.6 is 0 Å². The Balaban J connectivity index is 0.965. The van der Waals surface area contributed by atoms with Crippen molar-refractivity contribution in [3.8, 4) is 5.75 Å². The number of cyclic esters (lactones) is 1. The third-order valence-electron chi connectivity index (χ3n) is 14.1. The number of carbonyl (C=O) groups excluding carboxylic acids is 6. The Kier molecular flexibility index (Phi) is 13.3. The molecule has 24 heteroatoms. The number of nitrogens with two attached hydrogens (primary N) is 1. The maximum absolute atomic E-state index is 15.5. The van der Waals surface area contributed by atoms with Crippen LogP contribution in [0, 0.1) is 12.7 Å². The Morgan fingerprint density at radius 2 is 1.78 bits per heavy atom. The molecule has 382 valence electrons. The lowest BCUT2D eigenvalue weighted by Crippen LogP contribution is -2.61. The molecule has 6 heterocycles. The topological polar surface area (TPSA) is 330 Å². The van der Waals surface area contributed by atoms with Crippen molar-refractivity contribution in [3.63, 3.8) is 0 Å². The number of esters is 1. The number of aryl methyl sites for hydroxylation is 1. The third kappa shape index (κ3) is 8.66. The summed E-state index contributed by atoms with van der Waals surface area (Å²) in [5, 5.41) is 58.6. The summed E-state index contributed by atoms with van der Waals surface area (Å²) in [5.74, 6) is -5.99. The molecular formula is C48H52FN7O16. The zero-order valence-electron chi connectivity index (χ0n) is 39.2. The molecule has 1 aromatic heterocycles. The zero-order chi connectivity index (χ0) is 51.7. The first-order chi connectivity index (χ1) is 34.2. The molecule has 6 aliphatic rings. The number of alkyl carbamates (subject to hydrolysis) is 1. The van der Waals surface area contributed by atoms with Gasteiger partial charge in [0.1, 0.15) is 49.1 Å². The van der Waals surface area contributed by atoms with Gasteiger partial charge in [-0.3, -0.25) is 24.1 Å². The number of aromatic nitrogens is 1. The summed E-state index contributed by atoms with van der Waals surface area (Å²) < 4.78 is 37.6. The molecule has 9 rings (SSSR count). The molecule has 0 saturated carbocycles. The fourth-order valence-electron chi connectivity index (χ4n) is 10.3. The van der Waals surface area contributed by atoms with E-state index in [4.69, 9.17) is 29.7 Å². The van der Waals surface area contributed by atoms with Crippen molar-refractivity contribution in [1.82, 2.24) is 25.0 Å². The lowest BCUT2D eigenvalue weighted by molar-refractivity contribution is -0.271. The Morgan fingerprint density at radius 1 is 1.04 bits per heavy atom. The van der Waals surface area contributed by atoms with E-state index in [1.165, 1.54) is 31.3 Å². The van der Waals surface area contributed by atoms with Gasteiger partial charge in [0, 0.05) is 62.1 Å². The van der Waals surface area contributed by atoms with E-state index in [1.54, 1.807) is 19.9 Å². The van der Waals surface area contributed by atoms with Crippen molar-refractivity contribution in [2.75, 3.05) is 38.6 Å². The van der Waals surface area contributed by atoms with E-state index < -0.39 is 116 Å². The number of halogens is 1. The first-order valence-electron chi connectivity index (χ1n) is 23.2. The lowest BCUT2D eigenvalue weighted by Gasteiger charge is -2.38. The molecule has 23 nitrogen and oxygen atoms in total. The predicted octanol–water partition coefficient (Wildman–Crippen LogP) is -0.0952. The molecule has 5 unspecified atom stereocenters. The minimum atomic E-state index is -2.03. The van der Waals surface area contributed by atoms with E-state index in [-0.39, 0.29) is 42.9 Å². The summed E-state index contributed by atoms with van der Waals surface area (Å²) in [6, 6.07) is 3.29. The van der Waals surface area contributed by atoms with E-state index in [0.29, 0.717) is 64.9 Å². The Hall–Kier alpha value is -7.09. The number of aliphatic hydroxyl groups excluding tert-OH is 3. The molecular weight excluding hydrogens is 950 g/mol. The monoisotopic (exact) mass is 1000 g/mol. The van der Waals surface area contributed by atoms with Crippen LogP contribution in [0.3, 0.4) is 0 Å². The summed E-state index contributed by atoms with van der Waals surface area (Å²) in [5.41, 5.74) is 9.33. The van der Waals surface area contributed by atoms with Crippen LogP contribution in [0.4, 0.5) is 14.9 Å². The Bertz CT molecular complexity index is 2890. The standard InChI is InChI=1S/C48H52FN7O16/c1-4-48(68)25-12-30-38-24(16-55(30)15-22(25)19-69-46(48)66)37-27(7-6-23-20(2)26(49)13-29(52-38)36(23)37)53-47(67)70-18-21-5-8-32(71-45-41(62)39(60)40(61)42(72-45)44(64)65)28(11-21)51-33(57)17-54(3)43(63)31(14-50)56-34(58)9-10-35(56)59/h5,8,11-13,27,31,39-42,45,60-62,68H,4,6-7,9-10,14-19,50H2,1-3H3,(H,51,57)(H,53,67)(H,64,65)/t27-,31-,39?,40?,41?,42?,45?,48-/m0/s1. The number of pyridine rings is 1. The van der Waals surface area contributed by atoms with Crippen molar-refractivity contribution in [1.29, 1.82) is 0 Å². The van der Waals surface area contributed by atoms with Crippen LogP contribution in [0.25, 0.3) is 16.6 Å². The van der Waals surface area contributed by atoms with Gasteiger partial charge in [-0.25, -0.2) is 23.8 Å². The van der Waals surface area contributed by atoms with Crippen LogP contribution in [0.2, 0.25) is 0 Å². The first kappa shape index (κ1) is 49.9. The summed E-state index contributed by atoms with van der Waals surface area (Å²) in [4.78, 5) is 98.9. The number of carbonyl (C=O) groups is 7. The zero-order valence-corrected chi connectivity index (χ0v) is 39.2. The lowest BCUT2D eigenvalue weighted by atomic mass is 9.81. The van der Waals surface area contributed by atoms with Gasteiger partial charge in [0.05, 0.1) is 35.2 Å². The number of aliphatic carboxylic acids is 1. The number of carboxylic acid groups (broad SMARTS) is 1. The maximum Gasteiger partial charge on any atom is 0.407 e. The molecule has 9 N–H and O–H groups in total. The van der Waals surface area contributed by atoms with Crippen molar-refractivity contribution in [3.05, 3.63) is 80.8 Å². The Labute approximate surface area is 408 Å². The molecule has 5 aliphatic heterocycles. The van der Waals surface area contributed by atoms with Crippen molar-refractivity contribution in [2.24, 2.45) is 5.73 Å².